The van der Waals surface area contributed by atoms with Crippen molar-refractivity contribution < 1.29 is 18.7 Å². The van der Waals surface area contributed by atoms with E-state index in [1.165, 1.54) is 10.5 Å². The van der Waals surface area contributed by atoms with E-state index in [-0.39, 0.29) is 17.8 Å². The Kier molecular flexibility index (Phi) is 7.13. The minimum absolute atomic E-state index is 0.0565. The van der Waals surface area contributed by atoms with Crippen LogP contribution >= 0.6 is 11.8 Å². The molecule has 0 aliphatic heterocycles. The molecule has 152 valence electrons. The average molecular weight is 413 g/mol. The highest BCUT2D eigenvalue weighted by atomic mass is 32.2. The monoisotopic (exact) mass is 413 g/mol. The molecular weight excluding hydrogens is 390 g/mol. The minimum atomic E-state index is -0.165. The molecule has 0 spiro atoms. The molecule has 1 heterocycles. The first-order valence-electron chi connectivity index (χ1n) is 9.14. The summed E-state index contributed by atoms with van der Waals surface area (Å²) in [6.07, 6.45) is 1.12. The van der Waals surface area contributed by atoms with Gasteiger partial charge in [0.2, 0.25) is 5.91 Å². The zero-order valence-electron chi connectivity index (χ0n) is 16.6. The fraction of sp³-hybridized carbons (Fsp3) is 0.286. The van der Waals surface area contributed by atoms with E-state index < -0.39 is 0 Å². The first-order chi connectivity index (χ1) is 14.1. The van der Waals surface area contributed by atoms with Crippen LogP contribution in [-0.2, 0) is 4.79 Å². The zero-order chi connectivity index (χ0) is 20.6. The van der Waals surface area contributed by atoms with E-state index in [1.54, 1.807) is 44.2 Å². The van der Waals surface area contributed by atoms with E-state index in [0.29, 0.717) is 23.5 Å². The second-order valence-electron chi connectivity index (χ2n) is 6.29. The van der Waals surface area contributed by atoms with Crippen LogP contribution in [0.4, 0.5) is 6.01 Å². The number of benzene rings is 2. The number of thioether (sulfide) groups is 1. The second-order valence-corrected chi connectivity index (χ2v) is 7.46. The largest absolute Gasteiger partial charge is 0.497 e. The van der Waals surface area contributed by atoms with Crippen LogP contribution in [0.25, 0.3) is 11.5 Å². The number of aromatic nitrogens is 2. The van der Waals surface area contributed by atoms with Crippen molar-refractivity contribution in [1.29, 1.82) is 0 Å². The lowest BCUT2D eigenvalue weighted by atomic mass is 10.2. The van der Waals surface area contributed by atoms with Gasteiger partial charge in [-0.1, -0.05) is 22.8 Å². The first-order valence-corrected chi connectivity index (χ1v) is 10.1. The van der Waals surface area contributed by atoms with Crippen LogP contribution < -0.4 is 14.8 Å². The minimum Gasteiger partial charge on any atom is -0.497 e. The summed E-state index contributed by atoms with van der Waals surface area (Å²) in [6, 6.07) is 13.7. The molecule has 1 amide bonds. The highest BCUT2D eigenvalue weighted by molar-refractivity contribution is 7.99. The van der Waals surface area contributed by atoms with Gasteiger partial charge in [-0.15, -0.1) is 16.9 Å². The lowest BCUT2D eigenvalue weighted by molar-refractivity contribution is -0.116. The molecule has 1 aromatic heterocycles. The Morgan fingerprint density at radius 3 is 2.62 bits per heavy atom. The Hall–Kier alpha value is -3.00. The molecule has 8 heteroatoms. The molecule has 3 rings (SSSR count). The molecule has 0 bridgehead atoms. The normalized spacial score (nSPS) is 10.6. The second kappa shape index (κ2) is 9.97. The number of nitrogens with one attached hydrogen (secondary N) is 1. The van der Waals surface area contributed by atoms with Crippen molar-refractivity contribution in [3.05, 3.63) is 48.0 Å². The first kappa shape index (κ1) is 20.7. The number of aryl methyl sites for hydroxylation is 1. The molecule has 0 saturated carbocycles. The molecule has 7 nitrogen and oxygen atoms in total. The van der Waals surface area contributed by atoms with Gasteiger partial charge < -0.3 is 13.9 Å². The van der Waals surface area contributed by atoms with Gasteiger partial charge in [-0.05, 0) is 49.4 Å². The van der Waals surface area contributed by atoms with Crippen LogP contribution in [0.2, 0.25) is 0 Å². The number of carbonyl (C=O) groups is 1. The van der Waals surface area contributed by atoms with Crippen molar-refractivity contribution in [2.75, 3.05) is 25.3 Å². The third kappa shape index (κ3) is 5.74. The summed E-state index contributed by atoms with van der Waals surface area (Å²) in [4.78, 5) is 13.3. The number of hydrogen-bond donors (Lipinski definition) is 1. The molecule has 0 saturated heterocycles. The van der Waals surface area contributed by atoms with Crippen molar-refractivity contribution >= 4 is 23.7 Å². The Labute approximate surface area is 173 Å². The van der Waals surface area contributed by atoms with Crippen molar-refractivity contribution in [3.8, 4) is 23.0 Å². The quantitative estimate of drug-likeness (QED) is 0.406. The Morgan fingerprint density at radius 1 is 1.10 bits per heavy atom. The van der Waals surface area contributed by atoms with Crippen LogP contribution in [0.15, 0.2) is 51.8 Å². The van der Waals surface area contributed by atoms with Gasteiger partial charge in [-0.25, -0.2) is 0 Å². The summed E-state index contributed by atoms with van der Waals surface area (Å²) in [6.45, 7) is 2.06. The Balaban J connectivity index is 1.52. The molecule has 0 atom stereocenters. The smallest absolute Gasteiger partial charge is 0.322 e. The molecular formula is C21H23N3O4S. The van der Waals surface area contributed by atoms with E-state index in [0.717, 1.165) is 12.2 Å². The Bertz CT molecular complexity index is 957. The highest BCUT2D eigenvalue weighted by Gasteiger charge is 2.16. The van der Waals surface area contributed by atoms with E-state index in [1.807, 2.05) is 0 Å². The maximum absolute atomic E-state index is 12.1. The zero-order valence-corrected chi connectivity index (χ0v) is 17.4. The molecule has 29 heavy (non-hydrogen) atoms. The van der Waals surface area contributed by atoms with Gasteiger partial charge in [0.15, 0.2) is 0 Å². The Morgan fingerprint density at radius 2 is 1.90 bits per heavy atom. The van der Waals surface area contributed by atoms with Gasteiger partial charge in [0.25, 0.3) is 5.89 Å². The van der Waals surface area contributed by atoms with Gasteiger partial charge in [-0.3, -0.25) is 10.1 Å². The highest BCUT2D eigenvalue weighted by Crippen LogP contribution is 2.33. The number of carbonyl (C=O) groups excluding carboxylic acids is 1. The third-order valence-corrected chi connectivity index (χ3v) is 5.24. The third-order valence-electron chi connectivity index (χ3n) is 4.15. The predicted octanol–water partition coefficient (Wildman–Crippen LogP) is 4.57. The number of nitrogens with zero attached hydrogens (tertiary/aromatic N) is 2. The van der Waals surface area contributed by atoms with Gasteiger partial charge in [-0.2, -0.15) is 0 Å². The van der Waals surface area contributed by atoms with E-state index in [9.17, 15) is 4.79 Å². The van der Waals surface area contributed by atoms with Gasteiger partial charge in [0, 0.05) is 11.3 Å². The summed E-state index contributed by atoms with van der Waals surface area (Å²) in [5.74, 6) is 2.14. The number of ether oxygens (including phenoxy) is 2. The fourth-order valence-electron chi connectivity index (χ4n) is 2.60. The van der Waals surface area contributed by atoms with Crippen molar-refractivity contribution in [1.82, 2.24) is 10.2 Å². The fourth-order valence-corrected chi connectivity index (χ4v) is 3.46. The van der Waals surface area contributed by atoms with E-state index >= 15 is 0 Å². The summed E-state index contributed by atoms with van der Waals surface area (Å²) in [7, 11) is 3.13. The van der Waals surface area contributed by atoms with Gasteiger partial charge >= 0.3 is 6.01 Å². The maximum atomic E-state index is 12.1. The lowest BCUT2D eigenvalue weighted by Crippen LogP contribution is -2.11. The average Bonchev–Trinajstić information content (AvgIpc) is 3.20. The summed E-state index contributed by atoms with van der Waals surface area (Å²) in [5.41, 5.74) is 1.83. The van der Waals surface area contributed by atoms with Gasteiger partial charge in [0.05, 0.1) is 19.8 Å². The molecule has 0 fully saturated rings. The number of amides is 1. The van der Waals surface area contributed by atoms with Crippen molar-refractivity contribution in [2.45, 2.75) is 24.7 Å². The van der Waals surface area contributed by atoms with Crippen molar-refractivity contribution in [2.24, 2.45) is 0 Å². The van der Waals surface area contributed by atoms with Crippen LogP contribution in [0.5, 0.6) is 11.5 Å². The topological polar surface area (TPSA) is 86.5 Å². The summed E-state index contributed by atoms with van der Waals surface area (Å²) < 4.78 is 16.1. The van der Waals surface area contributed by atoms with Gasteiger partial charge in [0.1, 0.15) is 11.5 Å². The van der Waals surface area contributed by atoms with Crippen LogP contribution in [0, 0.1) is 6.92 Å². The maximum Gasteiger partial charge on any atom is 0.322 e. The van der Waals surface area contributed by atoms with E-state index in [2.05, 4.69) is 46.7 Å². The number of rotatable bonds is 9. The van der Waals surface area contributed by atoms with Crippen molar-refractivity contribution in [3.63, 3.8) is 0 Å². The number of hydrogen-bond acceptors (Lipinski definition) is 7. The molecule has 0 unspecified atom stereocenters. The molecule has 3 aromatic rings. The number of methoxy groups -OCH3 is 2. The van der Waals surface area contributed by atoms with Crippen LogP contribution in [-0.4, -0.2) is 36.1 Å². The van der Waals surface area contributed by atoms with Crippen LogP contribution in [0.3, 0.4) is 0 Å². The van der Waals surface area contributed by atoms with E-state index in [4.69, 9.17) is 13.9 Å². The SMILES string of the molecule is COc1ccc(OC)c(-c2nnc(NC(=O)CCCSc3ccc(C)cc3)o2)c1. The molecule has 2 aromatic carbocycles. The summed E-state index contributed by atoms with van der Waals surface area (Å²) >= 11 is 1.73. The molecule has 0 aliphatic rings. The summed E-state index contributed by atoms with van der Waals surface area (Å²) in [5, 5.41) is 10.5. The number of anilines is 1. The lowest BCUT2D eigenvalue weighted by Gasteiger charge is -2.07. The molecule has 0 aliphatic carbocycles. The predicted molar refractivity (Wildman–Crippen MR) is 113 cm³/mol. The molecule has 1 N–H and O–H groups in total. The molecule has 0 radical (unpaired) electrons. The standard InChI is InChI=1S/C21H23N3O4S/c1-14-6-9-16(10-7-14)29-12-4-5-19(25)22-21-24-23-20(28-21)17-13-15(26-2)8-11-18(17)27-3/h6-11,13H,4-5,12H2,1-3H3,(H,22,24,25). The van der Waals surface area contributed by atoms with Crippen LogP contribution in [0.1, 0.15) is 18.4 Å².